The van der Waals surface area contributed by atoms with Crippen molar-refractivity contribution >= 4 is 58.0 Å². The summed E-state index contributed by atoms with van der Waals surface area (Å²) in [6.07, 6.45) is -6.50. The van der Waals surface area contributed by atoms with Crippen molar-refractivity contribution in [3.8, 4) is 0 Å². The normalized spacial score (nSPS) is 21.3. The SMILES string of the molecule is FC(F)(F)C(F)(F)C(F)(Cl)OC(F)(Cl)C(Cl)(Cl)Cl. The standard InChI is InChI=1S/C5Cl5F7O/c6-2(7,8)4(10,14)18-3(9,13)1(11,12)5(15,16)17. The van der Waals surface area contributed by atoms with E-state index in [0.717, 1.165) is 0 Å². The lowest BCUT2D eigenvalue weighted by Gasteiger charge is -2.34. The molecule has 0 aromatic heterocycles. The Morgan fingerprint density at radius 3 is 1.17 bits per heavy atom. The summed E-state index contributed by atoms with van der Waals surface area (Å²) in [6, 6.07) is 0. The molecule has 0 saturated carbocycles. The number of rotatable bonds is 3. The summed E-state index contributed by atoms with van der Waals surface area (Å²) in [5.41, 5.74) is 0. The Kier molecular flexibility index (Phi) is 5.29. The van der Waals surface area contributed by atoms with Crippen LogP contribution in [0, 0.1) is 0 Å². The summed E-state index contributed by atoms with van der Waals surface area (Å²) in [4.78, 5) is 0. The van der Waals surface area contributed by atoms with Crippen molar-refractivity contribution in [2.24, 2.45) is 0 Å². The minimum absolute atomic E-state index is 2.91. The van der Waals surface area contributed by atoms with Gasteiger partial charge in [-0.3, -0.25) is 4.74 Å². The lowest BCUT2D eigenvalue weighted by atomic mass is 10.3. The van der Waals surface area contributed by atoms with E-state index in [0.29, 0.717) is 0 Å². The average molecular weight is 386 g/mol. The molecule has 0 saturated heterocycles. The van der Waals surface area contributed by atoms with E-state index in [9.17, 15) is 30.7 Å². The fourth-order valence-electron chi connectivity index (χ4n) is 0.448. The summed E-state index contributed by atoms with van der Waals surface area (Å²) >= 11 is 22.9. The van der Waals surface area contributed by atoms with Gasteiger partial charge in [0, 0.05) is 0 Å². The molecule has 2 atom stereocenters. The molecule has 18 heavy (non-hydrogen) atoms. The van der Waals surface area contributed by atoms with Gasteiger partial charge in [0.1, 0.15) is 0 Å². The second-order valence-corrected chi connectivity index (χ2v) is 5.96. The highest BCUT2D eigenvalue weighted by molar-refractivity contribution is 6.70. The van der Waals surface area contributed by atoms with Gasteiger partial charge in [-0.2, -0.15) is 30.7 Å². The fraction of sp³-hybridized carbons (Fsp3) is 1.00. The molecule has 0 amide bonds. The van der Waals surface area contributed by atoms with Gasteiger partial charge >= 0.3 is 22.7 Å². The summed E-state index contributed by atoms with van der Waals surface area (Å²) in [5.74, 6) is -6.32. The number of halogens is 12. The molecule has 0 aliphatic heterocycles. The van der Waals surface area contributed by atoms with Crippen LogP contribution in [0.25, 0.3) is 0 Å². The van der Waals surface area contributed by atoms with Crippen LogP contribution in [0.2, 0.25) is 0 Å². The first kappa shape index (κ1) is 18.9. The molecule has 1 nitrogen and oxygen atoms in total. The van der Waals surface area contributed by atoms with Crippen LogP contribution < -0.4 is 0 Å². The highest BCUT2D eigenvalue weighted by Gasteiger charge is 2.75. The first-order valence-electron chi connectivity index (χ1n) is 3.43. The first-order chi connectivity index (χ1) is 7.46. The average Bonchev–Trinajstić information content (AvgIpc) is 1.96. The highest BCUT2D eigenvalue weighted by atomic mass is 35.6. The van der Waals surface area contributed by atoms with Crippen LogP contribution in [-0.2, 0) is 4.74 Å². The van der Waals surface area contributed by atoms with Crippen molar-refractivity contribution < 1.29 is 35.5 Å². The van der Waals surface area contributed by atoms with Gasteiger partial charge in [-0.25, -0.2) is 0 Å². The van der Waals surface area contributed by atoms with Crippen LogP contribution in [0.1, 0.15) is 0 Å². The maximum Gasteiger partial charge on any atom is 0.461 e. The van der Waals surface area contributed by atoms with Crippen molar-refractivity contribution in [2.75, 3.05) is 0 Å². The zero-order valence-electron chi connectivity index (χ0n) is 7.44. The molecule has 0 spiro atoms. The Morgan fingerprint density at radius 2 is 0.944 bits per heavy atom. The zero-order chi connectivity index (χ0) is 15.2. The molecular weight excluding hydrogens is 386 g/mol. The Bertz CT molecular complexity index is 308. The summed E-state index contributed by atoms with van der Waals surface area (Å²) < 4.78 is 86.0. The van der Waals surface area contributed by atoms with E-state index in [1.165, 1.54) is 0 Å². The van der Waals surface area contributed by atoms with Crippen molar-refractivity contribution in [3.05, 3.63) is 0 Å². The van der Waals surface area contributed by atoms with Crippen molar-refractivity contribution in [1.82, 2.24) is 0 Å². The maximum atomic E-state index is 13.1. The molecule has 0 aromatic rings. The molecule has 0 aliphatic carbocycles. The largest absolute Gasteiger partial charge is 0.461 e. The van der Waals surface area contributed by atoms with E-state index in [-0.39, 0.29) is 0 Å². The fourth-order valence-corrected chi connectivity index (χ4v) is 0.923. The molecule has 13 heteroatoms. The third-order valence-corrected chi connectivity index (χ3v) is 3.00. The van der Waals surface area contributed by atoms with E-state index in [4.69, 9.17) is 34.8 Å². The Morgan fingerprint density at radius 1 is 0.611 bits per heavy atom. The Labute approximate surface area is 120 Å². The van der Waals surface area contributed by atoms with Gasteiger partial charge in [-0.05, 0) is 23.2 Å². The van der Waals surface area contributed by atoms with E-state index >= 15 is 0 Å². The van der Waals surface area contributed by atoms with Crippen LogP contribution in [0.3, 0.4) is 0 Å². The minimum Gasteiger partial charge on any atom is -0.274 e. The topological polar surface area (TPSA) is 9.23 Å². The Balaban J connectivity index is 5.33. The second-order valence-electron chi connectivity index (χ2n) is 2.71. The van der Waals surface area contributed by atoms with E-state index in [1.807, 2.05) is 0 Å². The van der Waals surface area contributed by atoms with Crippen LogP contribution >= 0.6 is 58.0 Å². The smallest absolute Gasteiger partial charge is 0.274 e. The van der Waals surface area contributed by atoms with Crippen molar-refractivity contribution in [2.45, 2.75) is 26.5 Å². The minimum atomic E-state index is -6.50. The first-order valence-corrected chi connectivity index (χ1v) is 5.32. The predicted molar refractivity (Wildman–Crippen MR) is 51.8 cm³/mol. The number of hydrogen-bond donors (Lipinski definition) is 0. The van der Waals surface area contributed by atoms with Gasteiger partial charge in [0.05, 0.1) is 0 Å². The molecule has 0 bridgehead atoms. The number of ether oxygens (including phenoxy) is 1. The van der Waals surface area contributed by atoms with Crippen molar-refractivity contribution in [3.63, 3.8) is 0 Å². The molecule has 2 unspecified atom stereocenters. The molecular formula is C5Cl5F7O. The molecule has 0 radical (unpaired) electrons. The van der Waals surface area contributed by atoms with E-state index in [2.05, 4.69) is 27.9 Å². The zero-order valence-corrected chi connectivity index (χ0v) is 11.2. The summed E-state index contributed by atoms with van der Waals surface area (Å²) in [5, 5.41) is -9.80. The molecule has 0 rings (SSSR count). The third-order valence-electron chi connectivity index (χ3n) is 1.31. The lowest BCUT2D eigenvalue weighted by molar-refractivity contribution is -0.374. The van der Waals surface area contributed by atoms with Gasteiger partial charge in [0.25, 0.3) is 3.79 Å². The van der Waals surface area contributed by atoms with Gasteiger partial charge in [-0.1, -0.05) is 34.8 Å². The quantitative estimate of drug-likeness (QED) is 0.473. The van der Waals surface area contributed by atoms with Crippen LogP contribution in [-0.4, -0.2) is 26.5 Å². The molecule has 0 aliphatic rings. The van der Waals surface area contributed by atoms with Gasteiger partial charge in [0.2, 0.25) is 0 Å². The molecule has 0 heterocycles. The Hall–Kier alpha value is 0.920. The predicted octanol–water partition coefficient (Wildman–Crippen LogP) is 5.29. The second kappa shape index (κ2) is 5.04. The van der Waals surface area contributed by atoms with Gasteiger partial charge in [0.15, 0.2) is 0 Å². The molecule has 110 valence electrons. The van der Waals surface area contributed by atoms with Crippen LogP contribution in [0.5, 0.6) is 0 Å². The number of hydrogen-bond acceptors (Lipinski definition) is 1. The van der Waals surface area contributed by atoms with Crippen LogP contribution in [0.4, 0.5) is 30.7 Å². The molecule has 0 fully saturated rings. The maximum absolute atomic E-state index is 13.1. The summed E-state index contributed by atoms with van der Waals surface area (Å²) in [6.45, 7) is 0. The number of alkyl halides is 12. The van der Waals surface area contributed by atoms with Crippen LogP contribution in [0.15, 0.2) is 0 Å². The monoisotopic (exact) mass is 384 g/mol. The van der Waals surface area contributed by atoms with Gasteiger partial charge in [-0.15, -0.1) is 0 Å². The summed E-state index contributed by atoms with van der Waals surface area (Å²) in [7, 11) is 0. The van der Waals surface area contributed by atoms with E-state index in [1.54, 1.807) is 0 Å². The molecule has 0 N–H and O–H groups in total. The van der Waals surface area contributed by atoms with Gasteiger partial charge < -0.3 is 0 Å². The highest BCUT2D eigenvalue weighted by Crippen LogP contribution is 2.54. The van der Waals surface area contributed by atoms with Crippen molar-refractivity contribution in [1.29, 1.82) is 0 Å². The van der Waals surface area contributed by atoms with E-state index < -0.39 is 26.5 Å². The molecule has 0 aromatic carbocycles. The lowest BCUT2D eigenvalue weighted by Crippen LogP contribution is -2.56. The third kappa shape index (κ3) is 3.73.